The number of nitrogens with one attached hydrogen (secondary N) is 1. The lowest BCUT2D eigenvalue weighted by atomic mass is 9.76. The molecule has 0 saturated heterocycles. The molecular formula is C26H30N4O3S. The number of Topliss-reactive ketones (excluding diaryl/α,β-unsaturated/α-hetero) is 1. The number of benzene rings is 1. The smallest absolute Gasteiger partial charge is 0.341 e. The summed E-state index contributed by atoms with van der Waals surface area (Å²) in [7, 11) is 0. The molecule has 7 nitrogen and oxygen atoms in total. The maximum absolute atomic E-state index is 13.2. The summed E-state index contributed by atoms with van der Waals surface area (Å²) < 4.78 is 1.53. The van der Waals surface area contributed by atoms with Crippen LogP contribution in [0.4, 0.5) is 5.82 Å². The van der Waals surface area contributed by atoms with Crippen LogP contribution in [0, 0.1) is 11.8 Å². The van der Waals surface area contributed by atoms with Gasteiger partial charge in [0, 0.05) is 17.5 Å². The van der Waals surface area contributed by atoms with Gasteiger partial charge in [-0.3, -0.25) is 4.79 Å². The number of carbonyl (C=O) groups is 2. The number of ketones is 1. The first-order chi connectivity index (χ1) is 16.2. The number of aromatic carboxylic acids is 1. The molecule has 4 rings (SSSR count). The molecule has 1 saturated carbocycles. The lowest BCUT2D eigenvalue weighted by Gasteiger charge is -2.33. The third-order valence-electron chi connectivity index (χ3n) is 6.43. The number of thiazole rings is 1. The maximum atomic E-state index is 13.2. The van der Waals surface area contributed by atoms with Crippen molar-refractivity contribution in [2.45, 2.75) is 52.0 Å². The Hall–Kier alpha value is -3.26. The van der Waals surface area contributed by atoms with Crippen molar-refractivity contribution < 1.29 is 14.7 Å². The SMILES string of the molecule is CC1CCC(C(=O)C(C)(C)Nc2nn(-c3ccc(C=Cc4cscn4)cc3)cc2C(=O)O)CC1. The summed E-state index contributed by atoms with van der Waals surface area (Å²) >= 11 is 1.54. The van der Waals surface area contributed by atoms with Crippen LogP contribution in [0.2, 0.25) is 0 Å². The first-order valence-electron chi connectivity index (χ1n) is 11.5. The number of hydrogen-bond acceptors (Lipinski definition) is 6. The molecule has 2 aromatic heterocycles. The Labute approximate surface area is 203 Å². The Morgan fingerprint density at radius 2 is 1.85 bits per heavy atom. The average molecular weight is 479 g/mol. The van der Waals surface area contributed by atoms with Gasteiger partial charge in [-0.2, -0.15) is 0 Å². The summed E-state index contributed by atoms with van der Waals surface area (Å²) in [5, 5.41) is 19.3. The number of rotatable bonds is 8. The minimum Gasteiger partial charge on any atom is -0.477 e. The van der Waals surface area contributed by atoms with Crippen molar-refractivity contribution in [2.24, 2.45) is 11.8 Å². The summed E-state index contributed by atoms with van der Waals surface area (Å²) in [5.74, 6) is -0.127. The predicted molar refractivity (Wildman–Crippen MR) is 135 cm³/mol. The third-order valence-corrected chi connectivity index (χ3v) is 7.04. The van der Waals surface area contributed by atoms with Crippen molar-refractivity contribution >= 4 is 41.1 Å². The topological polar surface area (TPSA) is 97.1 Å². The van der Waals surface area contributed by atoms with Gasteiger partial charge in [-0.1, -0.05) is 38.0 Å². The Balaban J connectivity index is 1.52. The molecule has 1 aliphatic carbocycles. The molecule has 0 radical (unpaired) electrons. The minimum absolute atomic E-state index is 0.000978. The van der Waals surface area contributed by atoms with Crippen LogP contribution in [0.25, 0.3) is 17.8 Å². The highest BCUT2D eigenvalue weighted by Crippen LogP contribution is 2.33. The van der Waals surface area contributed by atoms with E-state index in [1.54, 1.807) is 16.8 Å². The number of hydrogen-bond donors (Lipinski definition) is 2. The van der Waals surface area contributed by atoms with E-state index in [0.29, 0.717) is 5.92 Å². The van der Waals surface area contributed by atoms with Gasteiger partial charge in [0.1, 0.15) is 5.56 Å². The molecule has 0 unspecified atom stereocenters. The van der Waals surface area contributed by atoms with Gasteiger partial charge in [-0.15, -0.1) is 16.4 Å². The summed E-state index contributed by atoms with van der Waals surface area (Å²) in [4.78, 5) is 29.4. The Morgan fingerprint density at radius 3 is 2.47 bits per heavy atom. The van der Waals surface area contributed by atoms with Crippen molar-refractivity contribution in [2.75, 3.05) is 5.32 Å². The van der Waals surface area contributed by atoms with Gasteiger partial charge in [0.15, 0.2) is 11.6 Å². The second-order valence-electron chi connectivity index (χ2n) is 9.55. The monoisotopic (exact) mass is 478 g/mol. The quantitative estimate of drug-likeness (QED) is 0.426. The average Bonchev–Trinajstić information content (AvgIpc) is 3.48. The lowest BCUT2D eigenvalue weighted by molar-refractivity contribution is -0.127. The maximum Gasteiger partial charge on any atom is 0.341 e. The van der Waals surface area contributed by atoms with Crippen LogP contribution in [0.5, 0.6) is 0 Å². The highest BCUT2D eigenvalue weighted by molar-refractivity contribution is 7.07. The fourth-order valence-electron chi connectivity index (χ4n) is 4.37. The molecule has 0 spiro atoms. The van der Waals surface area contributed by atoms with Crippen molar-refractivity contribution in [3.05, 3.63) is 58.2 Å². The van der Waals surface area contributed by atoms with Crippen molar-refractivity contribution in [3.8, 4) is 5.69 Å². The van der Waals surface area contributed by atoms with Gasteiger partial charge in [0.2, 0.25) is 0 Å². The lowest BCUT2D eigenvalue weighted by Crippen LogP contribution is -2.45. The highest BCUT2D eigenvalue weighted by Gasteiger charge is 2.36. The third kappa shape index (κ3) is 5.44. The van der Waals surface area contributed by atoms with Crippen LogP contribution >= 0.6 is 11.3 Å². The van der Waals surface area contributed by atoms with Crippen molar-refractivity contribution in [1.29, 1.82) is 0 Å². The Kier molecular flexibility index (Phi) is 6.97. The number of carboxylic acid groups (broad SMARTS) is 1. The molecule has 8 heteroatoms. The van der Waals surface area contributed by atoms with E-state index >= 15 is 0 Å². The van der Waals surface area contributed by atoms with Crippen LogP contribution in [-0.2, 0) is 4.79 Å². The molecule has 2 N–H and O–H groups in total. The number of aromatic nitrogens is 3. The fourth-order valence-corrected chi connectivity index (χ4v) is 4.89. The van der Waals surface area contributed by atoms with Gasteiger partial charge in [-0.05, 0) is 56.4 Å². The molecule has 34 heavy (non-hydrogen) atoms. The van der Waals surface area contributed by atoms with E-state index in [2.05, 4.69) is 22.3 Å². The molecule has 178 valence electrons. The van der Waals surface area contributed by atoms with Crippen molar-refractivity contribution in [3.63, 3.8) is 0 Å². The summed E-state index contributed by atoms with van der Waals surface area (Å²) in [5.41, 5.74) is 3.53. The first-order valence-corrected chi connectivity index (χ1v) is 12.5. The van der Waals surface area contributed by atoms with Crippen LogP contribution < -0.4 is 5.32 Å². The predicted octanol–water partition coefficient (Wildman–Crippen LogP) is 5.78. The number of nitrogens with zero attached hydrogens (tertiary/aromatic N) is 3. The van der Waals surface area contributed by atoms with E-state index in [1.807, 2.05) is 55.6 Å². The summed E-state index contributed by atoms with van der Waals surface area (Å²) in [6.07, 6.45) is 9.26. The molecule has 1 aromatic carbocycles. The van der Waals surface area contributed by atoms with E-state index in [1.165, 1.54) is 10.9 Å². The summed E-state index contributed by atoms with van der Waals surface area (Å²) in [6.45, 7) is 5.84. The van der Waals surface area contributed by atoms with Gasteiger partial charge in [0.05, 0.1) is 22.4 Å². The molecule has 0 aliphatic heterocycles. The van der Waals surface area contributed by atoms with Gasteiger partial charge in [-0.25, -0.2) is 14.5 Å². The van der Waals surface area contributed by atoms with E-state index < -0.39 is 11.5 Å². The zero-order valence-corrected chi connectivity index (χ0v) is 20.5. The Morgan fingerprint density at radius 1 is 1.15 bits per heavy atom. The molecular weight excluding hydrogens is 448 g/mol. The normalized spacial score (nSPS) is 18.8. The Bertz CT molecular complexity index is 1170. The van der Waals surface area contributed by atoms with Gasteiger partial charge < -0.3 is 10.4 Å². The number of anilines is 1. The zero-order chi connectivity index (χ0) is 24.3. The minimum atomic E-state index is -1.09. The van der Waals surface area contributed by atoms with E-state index in [-0.39, 0.29) is 23.1 Å². The molecule has 1 fully saturated rings. The summed E-state index contributed by atoms with van der Waals surface area (Å²) in [6, 6.07) is 7.63. The molecule has 0 atom stereocenters. The highest BCUT2D eigenvalue weighted by atomic mass is 32.1. The molecule has 2 heterocycles. The molecule has 1 aliphatic rings. The van der Waals surface area contributed by atoms with Crippen LogP contribution in [0.15, 0.2) is 41.4 Å². The van der Waals surface area contributed by atoms with Crippen LogP contribution in [0.3, 0.4) is 0 Å². The number of carboxylic acids is 1. The fraction of sp³-hybridized carbons (Fsp3) is 0.385. The largest absolute Gasteiger partial charge is 0.477 e. The van der Waals surface area contributed by atoms with Crippen LogP contribution in [0.1, 0.15) is 68.1 Å². The van der Waals surface area contributed by atoms with E-state index in [0.717, 1.165) is 42.6 Å². The molecule has 0 bridgehead atoms. The standard InChI is InChI=1S/C26H30N4O3S/c1-17-4-9-19(10-5-17)23(31)26(2,3)28-24-22(25(32)33)14-30(29-24)21-12-7-18(8-13-21)6-11-20-15-34-16-27-20/h6-8,11-17,19H,4-5,9-10H2,1-3H3,(H,28,29)(H,32,33). The van der Waals surface area contributed by atoms with Crippen molar-refractivity contribution in [1.82, 2.24) is 14.8 Å². The van der Waals surface area contributed by atoms with Gasteiger partial charge in [0.25, 0.3) is 0 Å². The number of carbonyl (C=O) groups excluding carboxylic acids is 1. The zero-order valence-electron chi connectivity index (χ0n) is 19.7. The second-order valence-corrected chi connectivity index (χ2v) is 10.3. The van der Waals surface area contributed by atoms with E-state index in [4.69, 9.17) is 0 Å². The van der Waals surface area contributed by atoms with E-state index in [9.17, 15) is 14.7 Å². The first kappa shape index (κ1) is 23.9. The molecule has 3 aromatic rings. The van der Waals surface area contributed by atoms with Gasteiger partial charge >= 0.3 is 5.97 Å². The second kappa shape index (κ2) is 9.93. The van der Waals surface area contributed by atoms with Crippen LogP contribution in [-0.4, -0.2) is 37.2 Å². The molecule has 0 amide bonds.